The first kappa shape index (κ1) is 14.7. The number of benzene rings is 1. The molecule has 0 bridgehead atoms. The lowest BCUT2D eigenvalue weighted by atomic mass is 10.0. The maximum atomic E-state index is 6.29. The molecular formula is C18H29N3. The zero-order chi connectivity index (χ0) is 14.8. The summed E-state index contributed by atoms with van der Waals surface area (Å²) in [4.78, 5) is 5.16. The minimum Gasteiger partial charge on any atom is -0.397 e. The molecule has 1 saturated carbocycles. The van der Waals surface area contributed by atoms with E-state index >= 15 is 0 Å². The van der Waals surface area contributed by atoms with E-state index in [4.69, 9.17) is 5.73 Å². The van der Waals surface area contributed by atoms with Crippen molar-refractivity contribution < 1.29 is 0 Å². The first-order chi connectivity index (χ1) is 10.1. The highest BCUT2D eigenvalue weighted by Crippen LogP contribution is 2.30. The average Bonchev–Trinajstić information content (AvgIpc) is 3.01. The largest absolute Gasteiger partial charge is 0.397 e. The van der Waals surface area contributed by atoms with Gasteiger partial charge in [-0.2, -0.15) is 0 Å². The number of hydrogen-bond acceptors (Lipinski definition) is 3. The molecule has 2 aliphatic rings. The smallest absolute Gasteiger partial charge is 0.0601 e. The van der Waals surface area contributed by atoms with E-state index in [0.29, 0.717) is 5.92 Å². The zero-order valence-corrected chi connectivity index (χ0v) is 13.5. The fourth-order valence-corrected chi connectivity index (χ4v) is 3.82. The van der Waals surface area contributed by atoms with E-state index in [9.17, 15) is 0 Å². The molecular weight excluding hydrogens is 258 g/mol. The minimum absolute atomic E-state index is 0.542. The second-order valence-corrected chi connectivity index (χ2v) is 6.93. The molecule has 21 heavy (non-hydrogen) atoms. The van der Waals surface area contributed by atoms with Crippen LogP contribution < -0.4 is 10.6 Å². The molecule has 1 aliphatic carbocycles. The predicted molar refractivity (Wildman–Crippen MR) is 91.0 cm³/mol. The normalized spacial score (nSPS) is 21.4. The van der Waals surface area contributed by atoms with E-state index in [2.05, 4.69) is 41.8 Å². The van der Waals surface area contributed by atoms with Crippen molar-refractivity contribution in [2.75, 3.05) is 36.8 Å². The maximum absolute atomic E-state index is 6.29. The van der Waals surface area contributed by atoms with Gasteiger partial charge in [0.15, 0.2) is 0 Å². The Labute approximate surface area is 129 Å². The Morgan fingerprint density at radius 2 is 1.71 bits per heavy atom. The molecule has 2 fully saturated rings. The zero-order valence-electron chi connectivity index (χ0n) is 13.5. The Bertz CT molecular complexity index is 469. The summed E-state index contributed by atoms with van der Waals surface area (Å²) in [5.41, 5.74) is 9.79. The third-order valence-corrected chi connectivity index (χ3v) is 5.21. The summed E-state index contributed by atoms with van der Waals surface area (Å²) in [7, 11) is 0. The maximum Gasteiger partial charge on any atom is 0.0601 e. The van der Waals surface area contributed by atoms with Gasteiger partial charge in [0.05, 0.1) is 11.4 Å². The predicted octanol–water partition coefficient (Wildman–Crippen LogP) is 3.46. The van der Waals surface area contributed by atoms with Crippen LogP contribution in [-0.2, 0) is 0 Å². The molecule has 0 radical (unpaired) electrons. The van der Waals surface area contributed by atoms with Crippen molar-refractivity contribution >= 4 is 11.4 Å². The molecule has 1 aliphatic heterocycles. The lowest BCUT2D eigenvalue weighted by molar-refractivity contribution is 0.187. The molecule has 1 aromatic rings. The lowest BCUT2D eigenvalue weighted by Crippen LogP contribution is -2.49. The van der Waals surface area contributed by atoms with Crippen LogP contribution in [0.5, 0.6) is 0 Å². The number of rotatable bonds is 3. The first-order valence-corrected chi connectivity index (χ1v) is 8.53. The van der Waals surface area contributed by atoms with Gasteiger partial charge in [0, 0.05) is 32.2 Å². The summed E-state index contributed by atoms with van der Waals surface area (Å²) in [5.74, 6) is 0.542. The molecule has 0 atom stereocenters. The van der Waals surface area contributed by atoms with Crippen LogP contribution >= 0.6 is 0 Å². The van der Waals surface area contributed by atoms with Crippen LogP contribution in [0, 0.1) is 0 Å². The van der Waals surface area contributed by atoms with E-state index in [-0.39, 0.29) is 0 Å². The SMILES string of the molecule is CC(C)c1ccc(N2CCN(C3CCCC3)CC2)c(N)c1. The molecule has 0 spiro atoms. The molecule has 0 aromatic heterocycles. The molecule has 3 rings (SSSR count). The fourth-order valence-electron chi connectivity index (χ4n) is 3.82. The Balaban J connectivity index is 1.63. The second-order valence-electron chi connectivity index (χ2n) is 6.93. The van der Waals surface area contributed by atoms with Crippen molar-refractivity contribution in [3.63, 3.8) is 0 Å². The van der Waals surface area contributed by atoms with Crippen LogP contribution in [0.25, 0.3) is 0 Å². The lowest BCUT2D eigenvalue weighted by Gasteiger charge is -2.39. The van der Waals surface area contributed by atoms with Gasteiger partial charge in [-0.05, 0) is 36.5 Å². The second kappa shape index (κ2) is 6.27. The van der Waals surface area contributed by atoms with Gasteiger partial charge in [0.1, 0.15) is 0 Å². The summed E-state index contributed by atoms with van der Waals surface area (Å²) in [5, 5.41) is 0. The van der Waals surface area contributed by atoms with Crippen molar-refractivity contribution in [3.05, 3.63) is 23.8 Å². The number of nitrogens with zero attached hydrogens (tertiary/aromatic N) is 2. The molecule has 3 nitrogen and oxygen atoms in total. The van der Waals surface area contributed by atoms with E-state index in [1.165, 1.54) is 50.0 Å². The molecule has 0 unspecified atom stereocenters. The standard InChI is InChI=1S/C18H29N3/c1-14(2)15-7-8-18(17(19)13-15)21-11-9-20(10-12-21)16-5-3-4-6-16/h7-8,13-14,16H,3-6,9-12,19H2,1-2H3. The molecule has 2 N–H and O–H groups in total. The van der Waals surface area contributed by atoms with Gasteiger partial charge >= 0.3 is 0 Å². The molecule has 1 saturated heterocycles. The molecule has 116 valence electrons. The van der Waals surface area contributed by atoms with Crippen LogP contribution in [0.15, 0.2) is 18.2 Å². The van der Waals surface area contributed by atoms with Crippen molar-refractivity contribution in [2.24, 2.45) is 0 Å². The van der Waals surface area contributed by atoms with Crippen LogP contribution in [-0.4, -0.2) is 37.1 Å². The summed E-state index contributed by atoms with van der Waals surface area (Å²) >= 11 is 0. The van der Waals surface area contributed by atoms with Crippen LogP contribution in [0.2, 0.25) is 0 Å². The number of anilines is 2. The summed E-state index contributed by atoms with van der Waals surface area (Å²) in [6, 6.07) is 7.46. The molecule has 3 heteroatoms. The Morgan fingerprint density at radius 1 is 1.05 bits per heavy atom. The van der Waals surface area contributed by atoms with Gasteiger partial charge in [0.2, 0.25) is 0 Å². The van der Waals surface area contributed by atoms with Gasteiger partial charge in [-0.3, -0.25) is 4.90 Å². The summed E-state index contributed by atoms with van der Waals surface area (Å²) in [6.07, 6.45) is 5.67. The average molecular weight is 287 g/mol. The van der Waals surface area contributed by atoms with E-state index in [1.54, 1.807) is 0 Å². The third kappa shape index (κ3) is 3.18. The van der Waals surface area contributed by atoms with Crippen LogP contribution in [0.3, 0.4) is 0 Å². The number of hydrogen-bond donors (Lipinski definition) is 1. The van der Waals surface area contributed by atoms with Crippen molar-refractivity contribution in [2.45, 2.75) is 51.5 Å². The first-order valence-electron chi connectivity index (χ1n) is 8.53. The Hall–Kier alpha value is -1.22. The third-order valence-electron chi connectivity index (χ3n) is 5.21. The van der Waals surface area contributed by atoms with Gasteiger partial charge in [-0.1, -0.05) is 32.8 Å². The monoisotopic (exact) mass is 287 g/mol. The van der Waals surface area contributed by atoms with Crippen molar-refractivity contribution in [1.82, 2.24) is 4.90 Å². The topological polar surface area (TPSA) is 32.5 Å². The van der Waals surface area contributed by atoms with Crippen molar-refractivity contribution in [1.29, 1.82) is 0 Å². The van der Waals surface area contributed by atoms with Gasteiger partial charge in [-0.25, -0.2) is 0 Å². The summed E-state index contributed by atoms with van der Waals surface area (Å²) in [6.45, 7) is 9.04. The number of piperazine rings is 1. The summed E-state index contributed by atoms with van der Waals surface area (Å²) < 4.78 is 0. The highest BCUT2D eigenvalue weighted by molar-refractivity contribution is 5.69. The Kier molecular flexibility index (Phi) is 4.39. The van der Waals surface area contributed by atoms with E-state index < -0.39 is 0 Å². The van der Waals surface area contributed by atoms with Crippen LogP contribution in [0.1, 0.15) is 51.0 Å². The van der Waals surface area contributed by atoms with Crippen molar-refractivity contribution in [3.8, 4) is 0 Å². The highest BCUT2D eigenvalue weighted by atomic mass is 15.3. The van der Waals surface area contributed by atoms with Gasteiger partial charge in [0.25, 0.3) is 0 Å². The highest BCUT2D eigenvalue weighted by Gasteiger charge is 2.26. The van der Waals surface area contributed by atoms with Gasteiger partial charge < -0.3 is 10.6 Å². The molecule has 0 amide bonds. The molecule has 1 aromatic carbocycles. The fraction of sp³-hybridized carbons (Fsp3) is 0.667. The quantitative estimate of drug-likeness (QED) is 0.864. The number of nitrogens with two attached hydrogens (primary N) is 1. The molecule has 1 heterocycles. The van der Waals surface area contributed by atoms with Crippen LogP contribution in [0.4, 0.5) is 11.4 Å². The van der Waals surface area contributed by atoms with Gasteiger partial charge in [-0.15, -0.1) is 0 Å². The number of nitrogen functional groups attached to an aromatic ring is 1. The van der Waals surface area contributed by atoms with E-state index in [1.807, 2.05) is 0 Å². The minimum atomic E-state index is 0.542. The Morgan fingerprint density at radius 3 is 2.29 bits per heavy atom. The van der Waals surface area contributed by atoms with E-state index in [0.717, 1.165) is 24.8 Å².